The molecule has 0 aliphatic heterocycles. The summed E-state index contributed by atoms with van der Waals surface area (Å²) in [5.41, 5.74) is 0.953. The summed E-state index contributed by atoms with van der Waals surface area (Å²) in [6, 6.07) is 3.77. The monoisotopic (exact) mass is 261 g/mol. The summed E-state index contributed by atoms with van der Waals surface area (Å²) in [7, 11) is 0. The Balaban J connectivity index is 1.78. The van der Waals surface area contributed by atoms with Crippen LogP contribution in [0.4, 0.5) is 5.82 Å². The average molecular weight is 261 g/mol. The van der Waals surface area contributed by atoms with Crippen molar-refractivity contribution in [2.45, 2.75) is 26.2 Å². The average Bonchev–Trinajstić information content (AvgIpc) is 2.86. The van der Waals surface area contributed by atoms with Crippen molar-refractivity contribution in [1.82, 2.24) is 9.97 Å². The molecule has 2 aromatic heterocycles. The summed E-state index contributed by atoms with van der Waals surface area (Å²) < 4.78 is 5.30. The van der Waals surface area contributed by atoms with Crippen molar-refractivity contribution >= 4 is 22.6 Å². The first-order chi connectivity index (χ1) is 9.29. The molecule has 2 aromatic rings. The number of anilines is 1. The number of amides is 1. The van der Waals surface area contributed by atoms with E-state index in [1.165, 1.54) is 0 Å². The Morgan fingerprint density at radius 2 is 2.37 bits per heavy atom. The van der Waals surface area contributed by atoms with Crippen LogP contribution in [0.25, 0.3) is 10.9 Å². The van der Waals surface area contributed by atoms with Crippen LogP contribution in [-0.4, -0.2) is 29.1 Å². The largest absolute Gasteiger partial charge is 0.372 e. The van der Waals surface area contributed by atoms with Crippen molar-refractivity contribution in [3.8, 4) is 0 Å². The molecule has 0 unspecified atom stereocenters. The van der Waals surface area contributed by atoms with Crippen molar-refractivity contribution in [2.75, 3.05) is 18.5 Å². The van der Waals surface area contributed by atoms with Crippen molar-refractivity contribution in [3.63, 3.8) is 0 Å². The van der Waals surface area contributed by atoms with E-state index in [4.69, 9.17) is 4.74 Å². The van der Waals surface area contributed by atoms with E-state index < -0.39 is 0 Å². The van der Waals surface area contributed by atoms with Gasteiger partial charge in [0, 0.05) is 18.2 Å². The first kappa shape index (κ1) is 13.5. The Kier molecular flexibility index (Phi) is 4.92. The highest BCUT2D eigenvalue weighted by Crippen LogP contribution is 2.14. The number of pyridine rings is 1. The van der Waals surface area contributed by atoms with Crippen molar-refractivity contribution in [3.05, 3.63) is 24.5 Å². The normalized spacial score (nSPS) is 10.8. The number of carbonyl (C=O) groups is 1. The van der Waals surface area contributed by atoms with Crippen LogP contribution in [0.1, 0.15) is 26.2 Å². The standard InChI is InChI=1S/C14H19N3O2/c1-2-3-4-7-19-10-14(18)17-13-8-11-5-6-15-12(11)9-16-13/h5-6,8-9,15H,2-4,7,10H2,1H3,(H,16,17,18). The minimum Gasteiger partial charge on any atom is -0.372 e. The molecule has 2 N–H and O–H groups in total. The lowest BCUT2D eigenvalue weighted by atomic mass is 10.3. The topological polar surface area (TPSA) is 67.0 Å². The molecule has 0 radical (unpaired) electrons. The number of hydrogen-bond acceptors (Lipinski definition) is 3. The van der Waals surface area contributed by atoms with Crippen LogP contribution in [0.2, 0.25) is 0 Å². The highest BCUT2D eigenvalue weighted by atomic mass is 16.5. The minimum absolute atomic E-state index is 0.0799. The number of rotatable bonds is 7. The van der Waals surface area contributed by atoms with Crippen molar-refractivity contribution in [1.29, 1.82) is 0 Å². The molecule has 0 fully saturated rings. The van der Waals surface area contributed by atoms with Crippen LogP contribution in [0, 0.1) is 0 Å². The van der Waals surface area contributed by atoms with Gasteiger partial charge in [-0.1, -0.05) is 19.8 Å². The smallest absolute Gasteiger partial charge is 0.251 e. The lowest BCUT2D eigenvalue weighted by molar-refractivity contribution is -0.120. The first-order valence-corrected chi connectivity index (χ1v) is 6.60. The second kappa shape index (κ2) is 6.89. The number of H-pyrrole nitrogens is 1. The second-order valence-electron chi connectivity index (χ2n) is 4.44. The molecule has 0 saturated carbocycles. The lowest BCUT2D eigenvalue weighted by Gasteiger charge is -2.05. The van der Waals surface area contributed by atoms with Gasteiger partial charge in [-0.2, -0.15) is 0 Å². The third-order valence-corrected chi connectivity index (χ3v) is 2.83. The Morgan fingerprint density at radius 3 is 3.21 bits per heavy atom. The van der Waals surface area contributed by atoms with Gasteiger partial charge < -0.3 is 15.0 Å². The van der Waals surface area contributed by atoms with Gasteiger partial charge in [0.25, 0.3) is 5.91 Å². The maximum atomic E-state index is 11.6. The summed E-state index contributed by atoms with van der Waals surface area (Å²) in [4.78, 5) is 18.8. The van der Waals surface area contributed by atoms with Gasteiger partial charge in [0.05, 0.1) is 11.7 Å². The van der Waals surface area contributed by atoms with E-state index in [9.17, 15) is 4.79 Å². The van der Waals surface area contributed by atoms with Crippen LogP contribution in [0.5, 0.6) is 0 Å². The van der Waals surface area contributed by atoms with Crippen molar-refractivity contribution < 1.29 is 9.53 Å². The van der Waals surface area contributed by atoms with Crippen LogP contribution in [0.3, 0.4) is 0 Å². The molecule has 0 aliphatic carbocycles. The third-order valence-electron chi connectivity index (χ3n) is 2.83. The molecular weight excluding hydrogens is 242 g/mol. The van der Waals surface area contributed by atoms with Gasteiger partial charge in [-0.15, -0.1) is 0 Å². The van der Waals surface area contributed by atoms with E-state index in [1.54, 1.807) is 6.20 Å². The van der Waals surface area contributed by atoms with Gasteiger partial charge in [-0.05, 0) is 18.6 Å². The number of ether oxygens (including phenoxy) is 1. The fourth-order valence-electron chi connectivity index (χ4n) is 1.82. The molecule has 5 nitrogen and oxygen atoms in total. The summed E-state index contributed by atoms with van der Waals surface area (Å²) >= 11 is 0. The minimum atomic E-state index is -0.168. The number of aromatic amines is 1. The molecule has 0 spiro atoms. The molecule has 0 aliphatic rings. The summed E-state index contributed by atoms with van der Waals surface area (Å²) in [6.07, 6.45) is 6.82. The fourth-order valence-corrected chi connectivity index (χ4v) is 1.82. The number of aromatic nitrogens is 2. The van der Waals surface area contributed by atoms with Gasteiger partial charge in [0.2, 0.25) is 0 Å². The Labute approximate surface area is 112 Å². The van der Waals surface area contributed by atoms with E-state index in [0.29, 0.717) is 12.4 Å². The maximum Gasteiger partial charge on any atom is 0.251 e. The Morgan fingerprint density at radius 1 is 1.47 bits per heavy atom. The molecule has 1 amide bonds. The SMILES string of the molecule is CCCCCOCC(=O)Nc1cc2cc[nH]c2cn1. The number of fused-ring (bicyclic) bond motifs is 1. The molecule has 0 saturated heterocycles. The van der Waals surface area contributed by atoms with Crippen molar-refractivity contribution in [2.24, 2.45) is 0 Å². The van der Waals surface area contributed by atoms with E-state index in [1.807, 2.05) is 18.3 Å². The zero-order chi connectivity index (χ0) is 13.5. The predicted molar refractivity (Wildman–Crippen MR) is 75.1 cm³/mol. The molecule has 0 bridgehead atoms. The molecule has 102 valence electrons. The number of nitrogens with one attached hydrogen (secondary N) is 2. The highest BCUT2D eigenvalue weighted by Gasteiger charge is 2.04. The van der Waals surface area contributed by atoms with E-state index in [0.717, 1.165) is 30.2 Å². The number of carbonyl (C=O) groups excluding carboxylic acids is 1. The van der Waals surface area contributed by atoms with Crippen LogP contribution >= 0.6 is 0 Å². The molecule has 19 heavy (non-hydrogen) atoms. The van der Waals surface area contributed by atoms with Gasteiger partial charge >= 0.3 is 0 Å². The molecular formula is C14H19N3O2. The zero-order valence-corrected chi connectivity index (χ0v) is 11.1. The number of nitrogens with zero attached hydrogens (tertiary/aromatic N) is 1. The maximum absolute atomic E-state index is 11.6. The Hall–Kier alpha value is -1.88. The van der Waals surface area contributed by atoms with Gasteiger partial charge in [-0.25, -0.2) is 4.98 Å². The van der Waals surface area contributed by atoms with Gasteiger partial charge in [-0.3, -0.25) is 4.79 Å². The lowest BCUT2D eigenvalue weighted by Crippen LogP contribution is -2.19. The molecule has 0 atom stereocenters. The quantitative estimate of drug-likeness (QED) is 0.753. The number of hydrogen-bond donors (Lipinski definition) is 2. The van der Waals surface area contributed by atoms with Crippen LogP contribution < -0.4 is 5.32 Å². The van der Waals surface area contributed by atoms with E-state index in [2.05, 4.69) is 22.2 Å². The van der Waals surface area contributed by atoms with E-state index >= 15 is 0 Å². The summed E-state index contributed by atoms with van der Waals surface area (Å²) in [6.45, 7) is 2.84. The third kappa shape index (κ3) is 4.06. The van der Waals surface area contributed by atoms with Gasteiger partial charge in [0.1, 0.15) is 12.4 Å². The molecule has 2 heterocycles. The number of unbranched alkanes of at least 4 members (excludes halogenated alkanes) is 2. The fraction of sp³-hybridized carbons (Fsp3) is 0.429. The van der Waals surface area contributed by atoms with Crippen LogP contribution in [-0.2, 0) is 9.53 Å². The molecule has 5 heteroatoms. The summed E-state index contributed by atoms with van der Waals surface area (Å²) in [5.74, 6) is 0.383. The molecule has 0 aromatic carbocycles. The second-order valence-corrected chi connectivity index (χ2v) is 4.44. The Bertz CT molecular complexity index is 536. The van der Waals surface area contributed by atoms with E-state index in [-0.39, 0.29) is 12.5 Å². The first-order valence-electron chi connectivity index (χ1n) is 6.60. The zero-order valence-electron chi connectivity index (χ0n) is 11.1. The summed E-state index contributed by atoms with van der Waals surface area (Å²) in [5, 5.41) is 3.75. The van der Waals surface area contributed by atoms with Crippen LogP contribution in [0.15, 0.2) is 24.5 Å². The highest BCUT2D eigenvalue weighted by molar-refractivity contribution is 5.92. The van der Waals surface area contributed by atoms with Gasteiger partial charge in [0.15, 0.2) is 0 Å². The molecule has 2 rings (SSSR count). The predicted octanol–water partition coefficient (Wildman–Crippen LogP) is 2.71.